The zero-order valence-electron chi connectivity index (χ0n) is 11.6. The highest BCUT2D eigenvalue weighted by Crippen LogP contribution is 2.08. The summed E-state index contributed by atoms with van der Waals surface area (Å²) >= 11 is 0. The Morgan fingerprint density at radius 3 is 2.67 bits per heavy atom. The number of carbonyl (C=O) groups is 1. The zero-order valence-corrected chi connectivity index (χ0v) is 11.6. The van der Waals surface area contributed by atoms with Gasteiger partial charge >= 0.3 is 6.09 Å². The Morgan fingerprint density at radius 2 is 2.22 bits per heavy atom. The van der Waals surface area contributed by atoms with Crippen LogP contribution in [0.4, 0.5) is 4.79 Å². The van der Waals surface area contributed by atoms with E-state index in [0.717, 1.165) is 5.69 Å². The van der Waals surface area contributed by atoms with Crippen LogP contribution in [-0.4, -0.2) is 28.8 Å². The van der Waals surface area contributed by atoms with E-state index in [1.54, 1.807) is 0 Å². The van der Waals surface area contributed by atoms with Crippen LogP contribution in [0.25, 0.3) is 0 Å². The standard InChI is InChI=1S/C13H23N3O2/c1-13(2,3)18-12(17)15-10(9-14)8-11-6-5-7-16(11)4/h5-7,10H,8-9,14H2,1-4H3,(H,15,17). The Bertz CT molecular complexity index is 393. The first kappa shape index (κ1) is 14.6. The number of ether oxygens (including phenoxy) is 1. The average Bonchev–Trinajstić information content (AvgIpc) is 2.60. The first-order chi connectivity index (χ1) is 8.31. The molecule has 0 bridgehead atoms. The third-order valence-electron chi connectivity index (χ3n) is 2.51. The summed E-state index contributed by atoms with van der Waals surface area (Å²) in [5.74, 6) is 0. The second kappa shape index (κ2) is 5.91. The molecule has 5 nitrogen and oxygen atoms in total. The Kier molecular flexibility index (Phi) is 4.78. The molecule has 1 rings (SSSR count). The molecule has 0 spiro atoms. The monoisotopic (exact) mass is 253 g/mol. The van der Waals surface area contributed by atoms with Gasteiger partial charge in [0.05, 0.1) is 0 Å². The maximum Gasteiger partial charge on any atom is 0.407 e. The predicted octanol–water partition coefficient (Wildman–Crippen LogP) is 1.42. The summed E-state index contributed by atoms with van der Waals surface area (Å²) in [5, 5.41) is 2.79. The molecule has 1 aromatic rings. The van der Waals surface area contributed by atoms with E-state index in [2.05, 4.69) is 5.32 Å². The Labute approximate surface area is 108 Å². The normalized spacial score (nSPS) is 13.2. The van der Waals surface area contributed by atoms with Gasteiger partial charge in [0.25, 0.3) is 0 Å². The minimum absolute atomic E-state index is 0.117. The summed E-state index contributed by atoms with van der Waals surface area (Å²) in [6, 6.07) is 3.86. The number of nitrogens with zero attached hydrogens (tertiary/aromatic N) is 1. The molecule has 3 N–H and O–H groups in total. The molecule has 0 saturated heterocycles. The van der Waals surface area contributed by atoms with E-state index >= 15 is 0 Å². The highest BCUT2D eigenvalue weighted by atomic mass is 16.6. The third kappa shape index (κ3) is 4.79. The summed E-state index contributed by atoms with van der Waals surface area (Å²) < 4.78 is 7.22. The number of aryl methyl sites for hydroxylation is 1. The fourth-order valence-corrected chi connectivity index (χ4v) is 1.63. The molecule has 0 aliphatic carbocycles. The molecule has 1 amide bonds. The zero-order chi connectivity index (χ0) is 13.8. The molecular weight excluding hydrogens is 230 g/mol. The highest BCUT2D eigenvalue weighted by molar-refractivity contribution is 5.68. The average molecular weight is 253 g/mol. The molecule has 0 aromatic carbocycles. The van der Waals surface area contributed by atoms with Crippen molar-refractivity contribution in [3.63, 3.8) is 0 Å². The maximum absolute atomic E-state index is 11.6. The van der Waals surface area contributed by atoms with Crippen LogP contribution in [0.15, 0.2) is 18.3 Å². The van der Waals surface area contributed by atoms with Crippen molar-refractivity contribution in [1.29, 1.82) is 0 Å². The van der Waals surface area contributed by atoms with E-state index in [0.29, 0.717) is 13.0 Å². The summed E-state index contributed by atoms with van der Waals surface area (Å²) in [6.45, 7) is 5.88. The number of alkyl carbamates (subject to hydrolysis) is 1. The number of hydrogen-bond donors (Lipinski definition) is 2. The second-order valence-corrected chi connectivity index (χ2v) is 5.39. The molecule has 18 heavy (non-hydrogen) atoms. The topological polar surface area (TPSA) is 69.3 Å². The van der Waals surface area contributed by atoms with E-state index in [-0.39, 0.29) is 6.04 Å². The number of carbonyl (C=O) groups excluding carboxylic acids is 1. The molecule has 0 aliphatic rings. The minimum atomic E-state index is -0.492. The van der Waals surface area contributed by atoms with E-state index in [1.807, 2.05) is 50.7 Å². The van der Waals surface area contributed by atoms with E-state index in [9.17, 15) is 4.79 Å². The van der Waals surface area contributed by atoms with Crippen LogP contribution in [-0.2, 0) is 18.2 Å². The lowest BCUT2D eigenvalue weighted by molar-refractivity contribution is 0.0505. The quantitative estimate of drug-likeness (QED) is 0.852. The number of hydrogen-bond acceptors (Lipinski definition) is 3. The molecule has 1 aromatic heterocycles. The summed E-state index contributed by atoms with van der Waals surface area (Å²) in [4.78, 5) is 11.6. The lowest BCUT2D eigenvalue weighted by Gasteiger charge is -2.23. The van der Waals surface area contributed by atoms with Crippen LogP contribution in [0, 0.1) is 0 Å². The van der Waals surface area contributed by atoms with Gasteiger partial charge in [-0.15, -0.1) is 0 Å². The van der Waals surface area contributed by atoms with Crippen molar-refractivity contribution in [3.05, 3.63) is 24.0 Å². The van der Waals surface area contributed by atoms with Crippen LogP contribution in [0.2, 0.25) is 0 Å². The number of nitrogens with two attached hydrogens (primary N) is 1. The molecule has 102 valence electrons. The number of nitrogens with one attached hydrogen (secondary N) is 1. The lowest BCUT2D eigenvalue weighted by Crippen LogP contribution is -2.44. The molecule has 0 fully saturated rings. The van der Waals surface area contributed by atoms with Gasteiger partial charge in [0.1, 0.15) is 5.60 Å². The van der Waals surface area contributed by atoms with Crippen molar-refractivity contribution in [2.75, 3.05) is 6.54 Å². The van der Waals surface area contributed by atoms with Gasteiger partial charge in [-0.25, -0.2) is 4.79 Å². The lowest BCUT2D eigenvalue weighted by atomic mass is 10.1. The van der Waals surface area contributed by atoms with Crippen molar-refractivity contribution >= 4 is 6.09 Å². The van der Waals surface area contributed by atoms with Gasteiger partial charge in [-0.3, -0.25) is 0 Å². The van der Waals surface area contributed by atoms with Gasteiger partial charge in [0.15, 0.2) is 0 Å². The van der Waals surface area contributed by atoms with Crippen LogP contribution in [0.3, 0.4) is 0 Å². The van der Waals surface area contributed by atoms with Gasteiger partial charge in [0, 0.05) is 37.9 Å². The molecule has 1 atom stereocenters. The van der Waals surface area contributed by atoms with Crippen LogP contribution in [0.5, 0.6) is 0 Å². The first-order valence-corrected chi connectivity index (χ1v) is 6.11. The van der Waals surface area contributed by atoms with Gasteiger partial charge < -0.3 is 20.4 Å². The van der Waals surface area contributed by atoms with E-state index in [4.69, 9.17) is 10.5 Å². The minimum Gasteiger partial charge on any atom is -0.444 e. The molecule has 1 heterocycles. The third-order valence-corrected chi connectivity index (χ3v) is 2.51. The van der Waals surface area contributed by atoms with Crippen molar-refractivity contribution in [2.24, 2.45) is 12.8 Å². The molecule has 0 saturated carbocycles. The molecule has 5 heteroatoms. The van der Waals surface area contributed by atoms with Gasteiger partial charge in [0.2, 0.25) is 0 Å². The number of amides is 1. The Morgan fingerprint density at radius 1 is 1.56 bits per heavy atom. The second-order valence-electron chi connectivity index (χ2n) is 5.39. The van der Waals surface area contributed by atoms with Crippen molar-refractivity contribution in [3.8, 4) is 0 Å². The van der Waals surface area contributed by atoms with Crippen LogP contribution in [0.1, 0.15) is 26.5 Å². The van der Waals surface area contributed by atoms with Crippen molar-refractivity contribution in [1.82, 2.24) is 9.88 Å². The molecule has 0 radical (unpaired) electrons. The fraction of sp³-hybridized carbons (Fsp3) is 0.615. The number of aromatic nitrogens is 1. The van der Waals surface area contributed by atoms with Gasteiger partial charge in [-0.05, 0) is 32.9 Å². The fourth-order valence-electron chi connectivity index (χ4n) is 1.63. The summed E-state index contributed by atoms with van der Waals surface area (Å²) in [6.07, 6.45) is 2.24. The summed E-state index contributed by atoms with van der Waals surface area (Å²) in [5.41, 5.74) is 6.31. The van der Waals surface area contributed by atoms with Gasteiger partial charge in [-0.1, -0.05) is 0 Å². The summed E-state index contributed by atoms with van der Waals surface area (Å²) in [7, 11) is 1.97. The first-order valence-electron chi connectivity index (χ1n) is 6.11. The highest BCUT2D eigenvalue weighted by Gasteiger charge is 2.19. The Hall–Kier alpha value is -1.49. The van der Waals surface area contributed by atoms with E-state index < -0.39 is 11.7 Å². The molecule has 0 aliphatic heterocycles. The molecular formula is C13H23N3O2. The van der Waals surface area contributed by atoms with Crippen LogP contribution < -0.4 is 11.1 Å². The van der Waals surface area contributed by atoms with Crippen LogP contribution >= 0.6 is 0 Å². The Balaban J connectivity index is 2.52. The SMILES string of the molecule is Cn1cccc1CC(CN)NC(=O)OC(C)(C)C. The smallest absolute Gasteiger partial charge is 0.407 e. The van der Waals surface area contributed by atoms with Crippen molar-refractivity contribution in [2.45, 2.75) is 38.8 Å². The van der Waals surface area contributed by atoms with E-state index in [1.165, 1.54) is 0 Å². The van der Waals surface area contributed by atoms with Gasteiger partial charge in [-0.2, -0.15) is 0 Å². The number of rotatable bonds is 4. The van der Waals surface area contributed by atoms with Crippen molar-refractivity contribution < 1.29 is 9.53 Å². The molecule has 1 unspecified atom stereocenters. The largest absolute Gasteiger partial charge is 0.444 e. The maximum atomic E-state index is 11.6. The predicted molar refractivity (Wildman–Crippen MR) is 71.3 cm³/mol.